The Labute approximate surface area is 311 Å². The molecule has 0 aromatic rings. The fourth-order valence-electron chi connectivity index (χ4n) is 6.41. The average Bonchev–Trinajstić information content (AvgIpc) is 3.10. The van der Waals surface area contributed by atoms with Gasteiger partial charge in [-0.1, -0.05) is 197 Å². The highest BCUT2D eigenvalue weighted by molar-refractivity contribution is 5.69. The van der Waals surface area contributed by atoms with Crippen molar-refractivity contribution in [3.05, 3.63) is 48.6 Å². The number of carbonyl (C=O) groups excluding carboxylic acids is 1. The van der Waals surface area contributed by atoms with Gasteiger partial charge >= 0.3 is 11.9 Å². The van der Waals surface area contributed by atoms with E-state index in [1.807, 2.05) is 0 Å². The van der Waals surface area contributed by atoms with Gasteiger partial charge in [0.1, 0.15) is 6.10 Å². The first kappa shape index (κ1) is 47.9. The van der Waals surface area contributed by atoms with Gasteiger partial charge in [0, 0.05) is 12.8 Å². The third-order valence-corrected chi connectivity index (χ3v) is 9.57. The zero-order valence-corrected chi connectivity index (χ0v) is 33.2. The van der Waals surface area contributed by atoms with E-state index in [4.69, 9.17) is 9.84 Å². The summed E-state index contributed by atoms with van der Waals surface area (Å²) in [5.74, 6) is -0.744. The highest BCUT2D eigenvalue weighted by atomic mass is 16.5. The Balaban J connectivity index is 4.04. The molecule has 0 aliphatic rings. The molecular weight excluding hydrogens is 617 g/mol. The molecule has 0 spiro atoms. The molecule has 0 aliphatic carbocycles. The van der Waals surface area contributed by atoms with Crippen LogP contribution < -0.4 is 0 Å². The first-order valence-electron chi connectivity index (χ1n) is 21.6. The van der Waals surface area contributed by atoms with Crippen LogP contribution in [0, 0.1) is 0 Å². The van der Waals surface area contributed by atoms with E-state index in [1.165, 1.54) is 109 Å². The van der Waals surface area contributed by atoms with Crippen LogP contribution in [0.1, 0.15) is 226 Å². The van der Waals surface area contributed by atoms with Crippen molar-refractivity contribution in [2.24, 2.45) is 0 Å². The average molecular weight is 699 g/mol. The van der Waals surface area contributed by atoms with Crippen molar-refractivity contribution in [3.63, 3.8) is 0 Å². The maximum Gasteiger partial charge on any atom is 0.306 e. The molecule has 0 radical (unpaired) electrons. The monoisotopic (exact) mass is 699 g/mol. The van der Waals surface area contributed by atoms with Crippen LogP contribution in [0.25, 0.3) is 0 Å². The molecule has 4 heteroatoms. The number of unbranched alkanes of at least 4 members (excludes halogenated alkanes) is 22. The molecule has 0 aromatic heterocycles. The molecule has 0 saturated heterocycles. The fourth-order valence-corrected chi connectivity index (χ4v) is 6.41. The first-order valence-corrected chi connectivity index (χ1v) is 21.6. The number of allylic oxidation sites excluding steroid dienone is 8. The summed E-state index contributed by atoms with van der Waals surface area (Å²) < 4.78 is 5.98. The van der Waals surface area contributed by atoms with Gasteiger partial charge < -0.3 is 9.84 Å². The van der Waals surface area contributed by atoms with E-state index < -0.39 is 5.97 Å². The lowest BCUT2D eigenvalue weighted by atomic mass is 10.0. The van der Waals surface area contributed by atoms with E-state index in [1.54, 1.807) is 0 Å². The second-order valence-corrected chi connectivity index (χ2v) is 14.5. The summed E-state index contributed by atoms with van der Waals surface area (Å²) in [6, 6.07) is 0. The quantitative estimate of drug-likeness (QED) is 0.0394. The molecule has 0 rings (SSSR count). The maximum absolute atomic E-state index is 12.7. The van der Waals surface area contributed by atoms with Crippen LogP contribution in [-0.2, 0) is 14.3 Å². The number of ether oxygens (including phenoxy) is 1. The summed E-state index contributed by atoms with van der Waals surface area (Å²) in [6.07, 6.45) is 55.7. The number of carbonyl (C=O) groups is 2. The largest absolute Gasteiger partial charge is 0.481 e. The third-order valence-electron chi connectivity index (χ3n) is 9.57. The van der Waals surface area contributed by atoms with E-state index >= 15 is 0 Å². The van der Waals surface area contributed by atoms with Gasteiger partial charge in [0.05, 0.1) is 0 Å². The summed E-state index contributed by atoms with van der Waals surface area (Å²) in [4.78, 5) is 23.4. The minimum absolute atomic E-state index is 0.0195. The van der Waals surface area contributed by atoms with Crippen molar-refractivity contribution in [1.29, 1.82) is 0 Å². The van der Waals surface area contributed by atoms with Crippen LogP contribution >= 0.6 is 0 Å². The predicted molar refractivity (Wildman–Crippen MR) is 218 cm³/mol. The molecule has 0 bridgehead atoms. The molecule has 0 heterocycles. The van der Waals surface area contributed by atoms with Crippen LogP contribution in [0.2, 0.25) is 0 Å². The third kappa shape index (κ3) is 40.3. The SMILES string of the molecule is CC/C=C\C/C=C\C/C=C\C/C=C\CCC(CCCCCCCC(=O)O)OC(=O)CCCCCCCCCCCCCCCCCCCCC. The summed E-state index contributed by atoms with van der Waals surface area (Å²) in [7, 11) is 0. The van der Waals surface area contributed by atoms with E-state index in [2.05, 4.69) is 62.5 Å². The molecule has 1 unspecified atom stereocenters. The van der Waals surface area contributed by atoms with Gasteiger partial charge in [-0.25, -0.2) is 0 Å². The molecule has 0 fully saturated rings. The number of esters is 1. The molecule has 0 amide bonds. The van der Waals surface area contributed by atoms with Crippen molar-refractivity contribution >= 4 is 11.9 Å². The smallest absolute Gasteiger partial charge is 0.306 e. The van der Waals surface area contributed by atoms with Crippen LogP contribution in [0.3, 0.4) is 0 Å². The zero-order chi connectivity index (χ0) is 36.4. The van der Waals surface area contributed by atoms with Crippen LogP contribution in [-0.4, -0.2) is 23.1 Å². The standard InChI is InChI=1S/C46H82O4/c1-3-5-7-9-11-13-15-17-18-19-20-21-22-24-26-28-30-35-39-43-46(49)50-44(41-37-33-31-34-38-42-45(47)48)40-36-32-29-27-25-23-16-14-12-10-8-6-4-2/h6,8,12,14,23,25,29,32,44H,3-5,7,9-11,13,15-22,24,26-28,30-31,33-43H2,1-2H3,(H,47,48)/b8-6-,14-12-,25-23-,32-29-. The highest BCUT2D eigenvalue weighted by Gasteiger charge is 2.14. The number of hydrogen-bond acceptors (Lipinski definition) is 3. The van der Waals surface area contributed by atoms with Gasteiger partial charge in [-0.3, -0.25) is 9.59 Å². The normalized spacial score (nSPS) is 12.7. The molecule has 50 heavy (non-hydrogen) atoms. The molecular formula is C46H82O4. The van der Waals surface area contributed by atoms with Crippen LogP contribution in [0.15, 0.2) is 48.6 Å². The summed E-state index contributed by atoms with van der Waals surface area (Å²) in [5, 5.41) is 8.83. The van der Waals surface area contributed by atoms with E-state index in [-0.39, 0.29) is 18.5 Å². The lowest BCUT2D eigenvalue weighted by Gasteiger charge is -2.17. The molecule has 0 aliphatic heterocycles. The Kier molecular flexibility index (Phi) is 39.6. The molecule has 0 saturated carbocycles. The fraction of sp³-hybridized carbons (Fsp3) is 0.783. The minimum Gasteiger partial charge on any atom is -0.481 e. The van der Waals surface area contributed by atoms with Crippen molar-refractivity contribution in [2.75, 3.05) is 0 Å². The summed E-state index contributed by atoms with van der Waals surface area (Å²) >= 11 is 0. The molecule has 1 atom stereocenters. The zero-order valence-electron chi connectivity index (χ0n) is 33.2. The molecule has 1 N–H and O–H groups in total. The lowest BCUT2D eigenvalue weighted by Crippen LogP contribution is -2.18. The van der Waals surface area contributed by atoms with Gasteiger partial charge in [0.25, 0.3) is 0 Å². The van der Waals surface area contributed by atoms with E-state index in [0.717, 1.165) is 89.9 Å². The number of carboxylic acids is 1. The number of carboxylic acid groups (broad SMARTS) is 1. The minimum atomic E-state index is -0.710. The van der Waals surface area contributed by atoms with Gasteiger partial charge in [0.2, 0.25) is 0 Å². The Morgan fingerprint density at radius 3 is 1.28 bits per heavy atom. The van der Waals surface area contributed by atoms with Gasteiger partial charge in [0.15, 0.2) is 0 Å². The Hall–Kier alpha value is -2.10. The van der Waals surface area contributed by atoms with Gasteiger partial charge in [-0.05, 0) is 64.2 Å². The van der Waals surface area contributed by atoms with E-state index in [0.29, 0.717) is 6.42 Å². The Bertz CT molecular complexity index is 839. The second-order valence-electron chi connectivity index (χ2n) is 14.5. The van der Waals surface area contributed by atoms with Crippen molar-refractivity contribution in [1.82, 2.24) is 0 Å². The summed E-state index contributed by atoms with van der Waals surface area (Å²) in [6.45, 7) is 4.44. The van der Waals surface area contributed by atoms with Gasteiger partial charge in [-0.2, -0.15) is 0 Å². The molecule has 4 nitrogen and oxygen atoms in total. The lowest BCUT2D eigenvalue weighted by molar-refractivity contribution is -0.150. The Morgan fingerprint density at radius 1 is 0.460 bits per heavy atom. The second kappa shape index (κ2) is 41.3. The van der Waals surface area contributed by atoms with Crippen molar-refractivity contribution in [3.8, 4) is 0 Å². The Morgan fingerprint density at radius 2 is 0.840 bits per heavy atom. The number of aliphatic carboxylic acids is 1. The van der Waals surface area contributed by atoms with E-state index in [9.17, 15) is 9.59 Å². The highest BCUT2D eigenvalue weighted by Crippen LogP contribution is 2.18. The van der Waals surface area contributed by atoms with Gasteiger partial charge in [-0.15, -0.1) is 0 Å². The topological polar surface area (TPSA) is 63.6 Å². The predicted octanol–water partition coefficient (Wildman–Crippen LogP) is 15.1. The maximum atomic E-state index is 12.7. The molecule has 290 valence electrons. The molecule has 0 aromatic carbocycles. The van der Waals surface area contributed by atoms with Crippen LogP contribution in [0.5, 0.6) is 0 Å². The van der Waals surface area contributed by atoms with Crippen molar-refractivity contribution in [2.45, 2.75) is 232 Å². The number of rotatable bonds is 39. The summed E-state index contributed by atoms with van der Waals surface area (Å²) in [5.41, 5.74) is 0. The number of hydrogen-bond donors (Lipinski definition) is 1. The van der Waals surface area contributed by atoms with Crippen molar-refractivity contribution < 1.29 is 19.4 Å². The first-order chi connectivity index (χ1) is 24.6. The van der Waals surface area contributed by atoms with Crippen LogP contribution in [0.4, 0.5) is 0 Å².